The summed E-state index contributed by atoms with van der Waals surface area (Å²) in [4.78, 5) is 6.18. The Bertz CT molecular complexity index is 2200. The van der Waals surface area contributed by atoms with Crippen LogP contribution in [0.2, 0.25) is 0 Å². The zero-order valence-corrected chi connectivity index (χ0v) is 26.8. The monoisotopic (exact) mass is 610 g/mol. The molecule has 0 fully saturated rings. The highest BCUT2D eigenvalue weighted by atomic mass is 32.2. The van der Waals surface area contributed by atoms with Gasteiger partial charge in [0, 0.05) is 21.4 Å². The Labute approximate surface area is 275 Å². The van der Waals surface area contributed by atoms with E-state index in [4.69, 9.17) is 4.98 Å². The fourth-order valence-corrected chi connectivity index (χ4v) is 7.68. The summed E-state index contributed by atoms with van der Waals surface area (Å²) < 4.78 is 0. The molecule has 0 saturated heterocycles. The summed E-state index contributed by atoms with van der Waals surface area (Å²) >= 11 is 1.74. The normalized spacial score (nSPS) is 17.8. The fourth-order valence-electron chi connectivity index (χ4n) is 6.78. The first-order chi connectivity index (χ1) is 22.4. The third-order valence-corrected chi connectivity index (χ3v) is 10.4. The minimum absolute atomic E-state index is 0.133. The first-order valence-corrected chi connectivity index (χ1v) is 16.6. The lowest BCUT2D eigenvalue weighted by molar-refractivity contribution is 0.661. The Balaban J connectivity index is 1.09. The quantitative estimate of drug-likeness (QED) is 0.215. The highest BCUT2D eigenvalue weighted by Gasteiger charge is 2.36. The van der Waals surface area contributed by atoms with E-state index in [2.05, 4.69) is 153 Å². The van der Waals surface area contributed by atoms with Crippen LogP contribution in [0.3, 0.4) is 0 Å². The van der Waals surface area contributed by atoms with Crippen molar-refractivity contribution in [2.45, 2.75) is 24.6 Å². The number of nitrogens with zero attached hydrogens (tertiary/aromatic N) is 1. The van der Waals surface area contributed by atoms with E-state index < -0.39 is 0 Å². The number of hydrogen-bond donors (Lipinski definition) is 1. The first kappa shape index (κ1) is 28.4. The highest BCUT2D eigenvalue weighted by molar-refractivity contribution is 8.03. The fraction of sp³-hybridized carbons (Fsp3) is 0.0930. The van der Waals surface area contributed by atoms with Crippen LogP contribution in [-0.2, 0) is 5.41 Å². The molecule has 5 aromatic carbocycles. The molecular weight excluding hydrogens is 577 g/mol. The van der Waals surface area contributed by atoms with E-state index in [9.17, 15) is 0 Å². The molecule has 1 aromatic heterocycles. The number of allylic oxidation sites excluding steroid dienone is 3. The minimum Gasteiger partial charge on any atom is -0.375 e. The molecular formula is C43H34N2S. The van der Waals surface area contributed by atoms with Crippen molar-refractivity contribution in [2.75, 3.05) is 0 Å². The zero-order chi connectivity index (χ0) is 31.3. The van der Waals surface area contributed by atoms with Gasteiger partial charge in [-0.3, -0.25) is 0 Å². The van der Waals surface area contributed by atoms with Gasteiger partial charge in [-0.05, 0) is 98.4 Å². The van der Waals surface area contributed by atoms with Crippen molar-refractivity contribution in [1.29, 1.82) is 0 Å². The summed E-state index contributed by atoms with van der Waals surface area (Å²) in [5.74, 6) is 0. The smallest absolute Gasteiger partial charge is 0.102 e. The Morgan fingerprint density at radius 3 is 2.02 bits per heavy atom. The van der Waals surface area contributed by atoms with Gasteiger partial charge in [-0.15, -0.1) is 0 Å². The van der Waals surface area contributed by atoms with Crippen LogP contribution in [0.15, 0.2) is 157 Å². The van der Waals surface area contributed by atoms with Gasteiger partial charge in [0.25, 0.3) is 0 Å². The first-order valence-electron chi connectivity index (χ1n) is 15.8. The van der Waals surface area contributed by atoms with E-state index in [1.54, 1.807) is 11.8 Å². The molecule has 0 spiro atoms. The molecule has 0 amide bonds. The van der Waals surface area contributed by atoms with E-state index >= 15 is 0 Å². The second-order valence-corrected chi connectivity index (χ2v) is 13.8. The molecule has 2 nitrogen and oxygen atoms in total. The lowest BCUT2D eigenvalue weighted by Crippen LogP contribution is -2.15. The molecule has 6 aromatic rings. The maximum atomic E-state index is 5.13. The van der Waals surface area contributed by atoms with Crippen LogP contribution in [0, 0.1) is 0 Å². The number of hydrogen-bond acceptors (Lipinski definition) is 3. The molecule has 2 heterocycles. The maximum Gasteiger partial charge on any atom is 0.102 e. The van der Waals surface area contributed by atoms with Crippen LogP contribution in [0.1, 0.15) is 35.9 Å². The average Bonchev–Trinajstić information content (AvgIpc) is 3.31. The van der Waals surface area contributed by atoms with Crippen LogP contribution in [0.4, 0.5) is 0 Å². The topological polar surface area (TPSA) is 24.9 Å². The molecule has 0 saturated carbocycles. The van der Waals surface area contributed by atoms with Crippen molar-refractivity contribution in [3.63, 3.8) is 0 Å². The van der Waals surface area contributed by atoms with Gasteiger partial charge in [0.1, 0.15) is 5.37 Å². The molecule has 1 atom stereocenters. The second-order valence-electron chi connectivity index (χ2n) is 12.6. The number of nitrogens with one attached hydrogen (secondary N) is 1. The van der Waals surface area contributed by atoms with Crippen LogP contribution in [0.5, 0.6) is 0 Å². The summed E-state index contributed by atoms with van der Waals surface area (Å²) in [7, 11) is 0. The van der Waals surface area contributed by atoms with Crippen molar-refractivity contribution in [2.24, 2.45) is 0 Å². The Morgan fingerprint density at radius 1 is 0.630 bits per heavy atom. The van der Waals surface area contributed by atoms with Crippen molar-refractivity contribution in [3.05, 3.63) is 174 Å². The van der Waals surface area contributed by atoms with Crippen molar-refractivity contribution < 1.29 is 0 Å². The second kappa shape index (κ2) is 11.3. The van der Waals surface area contributed by atoms with Gasteiger partial charge in [-0.25, -0.2) is 4.98 Å². The number of fused-ring (bicyclic) bond motifs is 4. The number of benzene rings is 5. The lowest BCUT2D eigenvalue weighted by Gasteiger charge is -2.23. The molecule has 1 aliphatic heterocycles. The third-order valence-electron chi connectivity index (χ3n) is 9.32. The van der Waals surface area contributed by atoms with Gasteiger partial charge in [-0.2, -0.15) is 0 Å². The minimum atomic E-state index is -0.133. The number of thioether (sulfide) groups is 1. The van der Waals surface area contributed by atoms with Crippen molar-refractivity contribution in [1.82, 2.24) is 10.3 Å². The molecule has 0 radical (unpaired) electrons. The zero-order valence-electron chi connectivity index (χ0n) is 26.0. The van der Waals surface area contributed by atoms with Gasteiger partial charge in [0.05, 0.1) is 11.4 Å². The molecule has 1 unspecified atom stereocenters. The van der Waals surface area contributed by atoms with E-state index in [-0.39, 0.29) is 10.8 Å². The Morgan fingerprint density at radius 2 is 1.26 bits per heavy atom. The third kappa shape index (κ3) is 5.07. The van der Waals surface area contributed by atoms with E-state index in [1.807, 2.05) is 18.4 Å². The summed E-state index contributed by atoms with van der Waals surface area (Å²) in [6, 6.07) is 44.2. The summed E-state index contributed by atoms with van der Waals surface area (Å²) in [6.07, 6.45) is 8.07. The van der Waals surface area contributed by atoms with Crippen LogP contribution < -0.4 is 5.32 Å². The molecule has 3 heteroatoms. The van der Waals surface area contributed by atoms with Gasteiger partial charge in [-0.1, -0.05) is 129 Å². The highest BCUT2D eigenvalue weighted by Crippen LogP contribution is 2.50. The summed E-state index contributed by atoms with van der Waals surface area (Å²) in [5, 5.41) is 6.09. The SMILES string of the molecule is C=C1/C=C\C=C/NC(c2ccc(-c3ccc4c(c3)C(C)(C)c3cc(-c5cccc(-c6ccc7ccccc7c6)n5)ccc3-4)cc2)S1. The standard InChI is InChI=1S/C43H34N2S/c1-28-9-6-7-24-44-42(46-28)31-17-14-30(15-18-31)33-20-22-36-37-23-21-35(27-39(37)43(2,3)38(36)26-33)41-13-8-12-40(45-41)34-19-16-29-10-4-5-11-32(29)25-34/h4-27,42,44H,1H2,2-3H3/b9-6-,24-7-. The van der Waals surface area contributed by atoms with E-state index in [0.717, 1.165) is 27.4 Å². The van der Waals surface area contributed by atoms with Gasteiger partial charge in [0.2, 0.25) is 0 Å². The molecule has 0 bridgehead atoms. The van der Waals surface area contributed by atoms with Crippen LogP contribution in [-0.4, -0.2) is 4.98 Å². The average molecular weight is 611 g/mol. The summed E-state index contributed by atoms with van der Waals surface area (Å²) in [6.45, 7) is 8.86. The molecule has 222 valence electrons. The number of rotatable bonds is 4. The molecule has 8 rings (SSSR count). The van der Waals surface area contributed by atoms with Crippen molar-refractivity contribution in [3.8, 4) is 44.8 Å². The number of pyridine rings is 1. The van der Waals surface area contributed by atoms with Gasteiger partial charge < -0.3 is 5.32 Å². The molecule has 1 aliphatic carbocycles. The summed E-state index contributed by atoms with van der Waals surface area (Å²) in [5.41, 5.74) is 13.2. The van der Waals surface area contributed by atoms with Gasteiger partial charge >= 0.3 is 0 Å². The van der Waals surface area contributed by atoms with Crippen LogP contribution >= 0.6 is 11.8 Å². The molecule has 1 N–H and O–H groups in total. The molecule has 2 aliphatic rings. The van der Waals surface area contributed by atoms with E-state index in [1.165, 1.54) is 49.7 Å². The molecule has 46 heavy (non-hydrogen) atoms. The Kier molecular flexibility index (Phi) is 7.00. The predicted molar refractivity (Wildman–Crippen MR) is 197 cm³/mol. The largest absolute Gasteiger partial charge is 0.375 e. The predicted octanol–water partition coefficient (Wildman–Crippen LogP) is 11.5. The van der Waals surface area contributed by atoms with Gasteiger partial charge in [0.15, 0.2) is 0 Å². The number of aromatic nitrogens is 1. The van der Waals surface area contributed by atoms with Crippen molar-refractivity contribution >= 4 is 22.5 Å². The van der Waals surface area contributed by atoms with Crippen LogP contribution in [0.25, 0.3) is 55.5 Å². The lowest BCUT2D eigenvalue weighted by atomic mass is 9.81. The maximum absolute atomic E-state index is 5.13. The van der Waals surface area contributed by atoms with E-state index in [0.29, 0.717) is 0 Å². The Hall–Kier alpha value is -5.12.